The number of aliphatic hydroxyl groups is 1. The van der Waals surface area contributed by atoms with Gasteiger partial charge in [0.25, 0.3) is 0 Å². The van der Waals surface area contributed by atoms with E-state index < -0.39 is 12.0 Å². The highest BCUT2D eigenvalue weighted by molar-refractivity contribution is 5.69. The summed E-state index contributed by atoms with van der Waals surface area (Å²) in [4.78, 5) is 11.7. The zero-order valence-electron chi connectivity index (χ0n) is 15.6. The van der Waals surface area contributed by atoms with E-state index in [1.165, 1.54) is 0 Å². The Morgan fingerprint density at radius 3 is 2.09 bits per heavy atom. The number of unbranched alkanes of at least 4 members (excludes halogenated alkanes) is 3. The maximum atomic E-state index is 11.7. The third-order valence-corrected chi connectivity index (χ3v) is 4.50. The summed E-state index contributed by atoms with van der Waals surface area (Å²) in [7, 11) is 0. The third kappa shape index (κ3) is 7.87. The van der Waals surface area contributed by atoms with Gasteiger partial charge < -0.3 is 19.5 Å². The normalized spacial score (nSPS) is 14.0. The van der Waals surface area contributed by atoms with Crippen molar-refractivity contribution in [1.82, 2.24) is 0 Å². The van der Waals surface area contributed by atoms with E-state index in [0.29, 0.717) is 23.2 Å². The van der Waals surface area contributed by atoms with Gasteiger partial charge in [-0.15, -0.1) is 0 Å². The maximum absolute atomic E-state index is 11.7. The van der Waals surface area contributed by atoms with Gasteiger partial charge in [0.1, 0.15) is 18.3 Å². The molecule has 0 heterocycles. The summed E-state index contributed by atoms with van der Waals surface area (Å²) in [6.07, 6.45) is 9.34. The summed E-state index contributed by atoms with van der Waals surface area (Å²) < 4.78 is 0.416. The average molecular weight is 328 g/mol. The molecule has 0 saturated carbocycles. The number of allylic oxidation sites excluding steroid dienone is 1. The number of carboxylic acids is 1. The fourth-order valence-electron chi connectivity index (χ4n) is 3.52. The van der Waals surface area contributed by atoms with Gasteiger partial charge in [-0.3, -0.25) is 0 Å². The molecular weight excluding hydrogens is 290 g/mol. The number of carbonyl (C=O) groups is 1. The predicted octanol–water partition coefficient (Wildman–Crippen LogP) is 3.56. The van der Waals surface area contributed by atoms with Gasteiger partial charge in [-0.2, -0.15) is 0 Å². The van der Waals surface area contributed by atoms with Crippen LogP contribution in [0.4, 0.5) is 0 Å². The summed E-state index contributed by atoms with van der Waals surface area (Å²) in [6, 6.07) is -0.536. The quantitative estimate of drug-likeness (QED) is 0.301. The molecule has 0 aliphatic heterocycles. The second kappa shape index (κ2) is 12.4. The number of carboxylic acid groups (broad SMARTS) is 1. The van der Waals surface area contributed by atoms with Crippen LogP contribution in [-0.2, 0) is 4.79 Å². The van der Waals surface area contributed by atoms with Crippen molar-refractivity contribution in [2.45, 2.75) is 85.1 Å². The first-order chi connectivity index (χ1) is 11.0. The van der Waals surface area contributed by atoms with Gasteiger partial charge in [-0.25, -0.2) is 0 Å². The Bertz CT molecular complexity index is 347. The van der Waals surface area contributed by atoms with E-state index in [4.69, 9.17) is 0 Å². The minimum absolute atomic E-state index is 0.338. The van der Waals surface area contributed by atoms with E-state index in [-0.39, 0.29) is 0 Å². The molecule has 0 spiro atoms. The summed E-state index contributed by atoms with van der Waals surface area (Å²) in [6.45, 7) is 10.2. The Hall–Kier alpha value is -1.03. The lowest BCUT2D eigenvalue weighted by atomic mass is 10.0. The molecule has 0 amide bonds. The molecule has 1 unspecified atom stereocenters. The lowest BCUT2D eigenvalue weighted by Crippen LogP contribution is -2.63. The lowest BCUT2D eigenvalue weighted by Gasteiger charge is -2.45. The van der Waals surface area contributed by atoms with E-state index in [2.05, 4.69) is 20.8 Å². The largest absolute Gasteiger partial charge is 0.544 e. The van der Waals surface area contributed by atoms with Crippen LogP contribution in [0.25, 0.3) is 0 Å². The summed E-state index contributed by atoms with van der Waals surface area (Å²) in [5, 5.41) is 22.1. The minimum atomic E-state index is -0.979. The Labute approximate surface area is 142 Å². The fraction of sp³-hybridized carbons (Fsp3) is 0.842. The highest BCUT2D eigenvalue weighted by Crippen LogP contribution is 2.22. The van der Waals surface area contributed by atoms with Crippen molar-refractivity contribution in [3.8, 4) is 0 Å². The van der Waals surface area contributed by atoms with Crippen LogP contribution >= 0.6 is 0 Å². The van der Waals surface area contributed by atoms with Crippen LogP contribution in [0.3, 0.4) is 0 Å². The van der Waals surface area contributed by atoms with Crippen LogP contribution in [0.5, 0.6) is 0 Å². The fourth-order valence-corrected chi connectivity index (χ4v) is 3.52. The monoisotopic (exact) mass is 327 g/mol. The molecule has 0 rings (SSSR count). The van der Waals surface area contributed by atoms with Crippen LogP contribution in [0.1, 0.15) is 79.1 Å². The smallest absolute Gasteiger partial charge is 0.143 e. The van der Waals surface area contributed by atoms with Crippen molar-refractivity contribution in [3.05, 3.63) is 11.8 Å². The van der Waals surface area contributed by atoms with Crippen molar-refractivity contribution >= 4 is 5.97 Å². The molecule has 0 aromatic heterocycles. The van der Waals surface area contributed by atoms with Gasteiger partial charge in [0, 0.05) is 6.42 Å². The first kappa shape index (κ1) is 22.0. The molecule has 0 saturated heterocycles. The van der Waals surface area contributed by atoms with E-state index >= 15 is 0 Å². The molecule has 23 heavy (non-hydrogen) atoms. The van der Waals surface area contributed by atoms with Crippen LogP contribution in [0.2, 0.25) is 0 Å². The molecular formula is C19H37NO3. The average Bonchev–Trinajstić information content (AvgIpc) is 2.49. The van der Waals surface area contributed by atoms with Crippen molar-refractivity contribution in [1.29, 1.82) is 0 Å². The van der Waals surface area contributed by atoms with Gasteiger partial charge in [0.05, 0.1) is 19.1 Å². The van der Waals surface area contributed by atoms with E-state index in [1.54, 1.807) is 0 Å². The van der Waals surface area contributed by atoms with Gasteiger partial charge in [-0.1, -0.05) is 47.0 Å². The number of aliphatic hydroxyl groups excluding tert-OH is 1. The van der Waals surface area contributed by atoms with Gasteiger partial charge >= 0.3 is 0 Å². The number of hydrogen-bond acceptors (Lipinski definition) is 3. The zero-order chi connectivity index (χ0) is 17.7. The van der Waals surface area contributed by atoms with E-state index in [1.807, 2.05) is 13.0 Å². The Kier molecular flexibility index (Phi) is 11.8. The topological polar surface area (TPSA) is 60.4 Å². The standard InChI is InChI=1S/C19H37NO3/c1-5-9-10-11-13-17(21)16-20(14-7-3,15-8-4)18(12-6-2)19(22)23/h13,18H,5-12,14-16H2,1-4H3,(H-,21,22,23)/b17-13+. The molecule has 0 aliphatic rings. The molecule has 0 radical (unpaired) electrons. The Morgan fingerprint density at radius 2 is 1.65 bits per heavy atom. The second-order valence-corrected chi connectivity index (χ2v) is 6.64. The molecule has 0 fully saturated rings. The molecule has 4 heteroatoms. The molecule has 0 aromatic rings. The molecule has 1 atom stereocenters. The molecule has 0 aliphatic carbocycles. The van der Waals surface area contributed by atoms with Gasteiger partial charge in [0.15, 0.2) is 0 Å². The first-order valence-corrected chi connectivity index (χ1v) is 9.41. The van der Waals surface area contributed by atoms with Crippen LogP contribution < -0.4 is 5.11 Å². The second-order valence-electron chi connectivity index (χ2n) is 6.64. The van der Waals surface area contributed by atoms with Gasteiger partial charge in [-0.05, 0) is 31.8 Å². The summed E-state index contributed by atoms with van der Waals surface area (Å²) in [5.41, 5.74) is 0. The SMILES string of the molecule is CCCCC/C=C(/O)C[N+](CCC)(CCC)C(CCC)C(=O)[O-]. The first-order valence-electron chi connectivity index (χ1n) is 9.41. The van der Waals surface area contributed by atoms with Crippen LogP contribution in [-0.4, -0.2) is 41.2 Å². The molecule has 4 nitrogen and oxygen atoms in total. The molecule has 0 bridgehead atoms. The van der Waals surface area contributed by atoms with Crippen LogP contribution in [0.15, 0.2) is 11.8 Å². The Balaban J connectivity index is 5.26. The number of carbonyl (C=O) groups excluding carboxylic acids is 1. The van der Waals surface area contributed by atoms with Crippen molar-refractivity contribution < 1.29 is 19.5 Å². The predicted molar refractivity (Wildman–Crippen MR) is 94.0 cm³/mol. The number of quaternary nitrogens is 1. The van der Waals surface area contributed by atoms with Crippen molar-refractivity contribution in [3.63, 3.8) is 0 Å². The number of nitrogens with zero attached hydrogens (tertiary/aromatic N) is 1. The highest BCUT2D eigenvalue weighted by Gasteiger charge is 2.36. The molecule has 136 valence electrons. The zero-order valence-corrected chi connectivity index (χ0v) is 15.6. The highest BCUT2D eigenvalue weighted by atomic mass is 16.4. The van der Waals surface area contributed by atoms with E-state index in [0.717, 1.165) is 58.0 Å². The van der Waals surface area contributed by atoms with Crippen molar-refractivity contribution in [2.75, 3.05) is 19.6 Å². The maximum Gasteiger partial charge on any atom is 0.143 e. The lowest BCUT2D eigenvalue weighted by molar-refractivity contribution is -0.942. The third-order valence-electron chi connectivity index (χ3n) is 4.50. The van der Waals surface area contributed by atoms with Gasteiger partial charge in [0.2, 0.25) is 0 Å². The number of rotatable bonds is 14. The molecule has 1 N–H and O–H groups in total. The number of hydrogen-bond donors (Lipinski definition) is 1. The number of aliphatic carboxylic acids is 1. The van der Waals surface area contributed by atoms with E-state index in [9.17, 15) is 15.0 Å². The minimum Gasteiger partial charge on any atom is -0.544 e. The summed E-state index contributed by atoms with van der Waals surface area (Å²) >= 11 is 0. The Morgan fingerprint density at radius 1 is 1.04 bits per heavy atom. The molecule has 0 aromatic carbocycles. The summed E-state index contributed by atoms with van der Waals surface area (Å²) in [5.74, 6) is -0.641. The van der Waals surface area contributed by atoms with Crippen molar-refractivity contribution in [2.24, 2.45) is 0 Å². The van der Waals surface area contributed by atoms with Crippen LogP contribution in [0, 0.1) is 0 Å².